The van der Waals surface area contributed by atoms with Gasteiger partial charge in [-0.2, -0.15) is 0 Å². The average Bonchev–Trinajstić information content (AvgIpc) is 2.71. The number of piperidine rings is 1. The van der Waals surface area contributed by atoms with Crippen molar-refractivity contribution >= 4 is 27.7 Å². The fourth-order valence-electron chi connectivity index (χ4n) is 3.17. The van der Waals surface area contributed by atoms with Crippen LogP contribution in [0.2, 0.25) is 0 Å². The third-order valence-corrected chi connectivity index (χ3v) is 6.05. The zero-order chi connectivity index (χ0) is 24.8. The molecule has 1 atom stereocenters. The lowest BCUT2D eigenvalue weighted by Crippen LogP contribution is -2.44. The second-order valence-corrected chi connectivity index (χ2v) is 11.0. The van der Waals surface area contributed by atoms with Crippen molar-refractivity contribution in [3.05, 3.63) is 24.0 Å². The lowest BCUT2D eigenvalue weighted by molar-refractivity contribution is -0.0660. The number of nitrogens with zero attached hydrogens (tertiary/aromatic N) is 1. The summed E-state index contributed by atoms with van der Waals surface area (Å²) >= 11 is 0. The molecule has 2 amide bonds. The van der Waals surface area contributed by atoms with E-state index >= 15 is 0 Å². The minimum Gasteiger partial charge on any atom is -0.447 e. The molecule has 1 aromatic carbocycles. The summed E-state index contributed by atoms with van der Waals surface area (Å²) in [5, 5.41) is 2.26. The standard InChI is InChI=1S/C22H33FN2O7S/c1-6-15(31-16-9-11-25(12-10-16)21(27)32-22(2,3)4)14-30-20(26)24-19-8-7-17(13-18(19)23)33(5,28)29/h7-8,13,15-16H,6,9-12,14H2,1-5H3,(H,24,26). The van der Waals surface area contributed by atoms with Crippen molar-refractivity contribution in [2.24, 2.45) is 0 Å². The van der Waals surface area contributed by atoms with Crippen molar-refractivity contribution in [2.45, 2.75) is 69.7 Å². The molecule has 0 radical (unpaired) electrons. The Morgan fingerprint density at radius 1 is 1.24 bits per heavy atom. The fraction of sp³-hybridized carbons (Fsp3) is 0.636. The number of hydrogen-bond donors (Lipinski definition) is 1. The summed E-state index contributed by atoms with van der Waals surface area (Å²) in [5.74, 6) is -0.880. The smallest absolute Gasteiger partial charge is 0.411 e. The van der Waals surface area contributed by atoms with E-state index in [9.17, 15) is 22.4 Å². The van der Waals surface area contributed by atoms with E-state index in [1.807, 2.05) is 27.7 Å². The minimum absolute atomic E-state index is 0.0301. The number of hydrogen-bond acceptors (Lipinski definition) is 7. The van der Waals surface area contributed by atoms with Crippen LogP contribution in [0.15, 0.2) is 23.1 Å². The molecule has 1 unspecified atom stereocenters. The van der Waals surface area contributed by atoms with Crippen LogP contribution in [-0.2, 0) is 24.0 Å². The SMILES string of the molecule is CCC(COC(=O)Nc1ccc(S(C)(=O)=O)cc1F)OC1CCN(C(=O)OC(C)(C)C)CC1. The first kappa shape index (κ1) is 26.8. The van der Waals surface area contributed by atoms with Crippen LogP contribution in [-0.4, -0.2) is 69.3 Å². The van der Waals surface area contributed by atoms with Gasteiger partial charge in [0.1, 0.15) is 18.0 Å². The van der Waals surface area contributed by atoms with E-state index in [0.717, 1.165) is 12.3 Å². The lowest BCUT2D eigenvalue weighted by atomic mass is 10.1. The molecule has 0 aromatic heterocycles. The van der Waals surface area contributed by atoms with Gasteiger partial charge in [-0.25, -0.2) is 22.4 Å². The lowest BCUT2D eigenvalue weighted by Gasteiger charge is -2.34. The molecule has 1 aromatic rings. The maximum atomic E-state index is 14.1. The van der Waals surface area contributed by atoms with E-state index in [4.69, 9.17) is 14.2 Å². The van der Waals surface area contributed by atoms with Gasteiger partial charge in [0.05, 0.1) is 22.8 Å². The maximum absolute atomic E-state index is 14.1. The summed E-state index contributed by atoms with van der Waals surface area (Å²) in [4.78, 5) is 25.7. The van der Waals surface area contributed by atoms with E-state index in [1.165, 1.54) is 12.1 Å². The van der Waals surface area contributed by atoms with E-state index in [2.05, 4.69) is 5.32 Å². The molecule has 1 aliphatic heterocycles. The van der Waals surface area contributed by atoms with E-state index < -0.39 is 27.3 Å². The number of ether oxygens (including phenoxy) is 3. The molecule has 9 nitrogen and oxygen atoms in total. The van der Waals surface area contributed by atoms with Gasteiger partial charge in [-0.1, -0.05) is 6.92 Å². The first-order valence-electron chi connectivity index (χ1n) is 10.8. The Kier molecular flexibility index (Phi) is 9.07. The first-order chi connectivity index (χ1) is 15.3. The van der Waals surface area contributed by atoms with Crippen molar-refractivity contribution in [3.63, 3.8) is 0 Å². The molecular weight excluding hydrogens is 455 g/mol. The summed E-state index contributed by atoms with van der Waals surface area (Å²) in [5.41, 5.74) is -0.732. The molecule has 1 N–H and O–H groups in total. The minimum atomic E-state index is -3.56. The van der Waals surface area contributed by atoms with Gasteiger partial charge in [0, 0.05) is 19.3 Å². The van der Waals surface area contributed by atoms with Crippen LogP contribution >= 0.6 is 0 Å². The monoisotopic (exact) mass is 488 g/mol. The number of anilines is 1. The van der Waals surface area contributed by atoms with Crippen LogP contribution in [0, 0.1) is 5.82 Å². The second kappa shape index (κ2) is 11.1. The Hall–Kier alpha value is -2.40. The summed E-state index contributed by atoms with van der Waals surface area (Å²) < 4.78 is 53.6. The summed E-state index contributed by atoms with van der Waals surface area (Å²) in [7, 11) is -3.56. The van der Waals surface area contributed by atoms with E-state index in [1.54, 1.807) is 4.90 Å². The third kappa shape index (κ3) is 8.81. The molecule has 0 saturated carbocycles. The Morgan fingerprint density at radius 2 is 1.88 bits per heavy atom. The summed E-state index contributed by atoms with van der Waals surface area (Å²) in [6.07, 6.45) is 1.19. The zero-order valence-corrected chi connectivity index (χ0v) is 20.5. The number of nitrogens with one attached hydrogen (secondary N) is 1. The highest BCUT2D eigenvalue weighted by Crippen LogP contribution is 2.21. The quantitative estimate of drug-likeness (QED) is 0.618. The molecule has 1 aliphatic rings. The van der Waals surface area contributed by atoms with E-state index in [-0.39, 0.29) is 35.5 Å². The average molecular weight is 489 g/mol. The van der Waals surface area contributed by atoms with Gasteiger partial charge in [0.2, 0.25) is 0 Å². The molecule has 11 heteroatoms. The van der Waals surface area contributed by atoms with Crippen molar-refractivity contribution in [1.29, 1.82) is 0 Å². The van der Waals surface area contributed by atoms with Crippen molar-refractivity contribution < 1.29 is 36.6 Å². The fourth-order valence-corrected chi connectivity index (χ4v) is 3.80. The third-order valence-electron chi connectivity index (χ3n) is 4.94. The zero-order valence-electron chi connectivity index (χ0n) is 19.7. The number of amides is 2. The van der Waals surface area contributed by atoms with Gasteiger partial charge < -0.3 is 19.1 Å². The number of likely N-dealkylation sites (tertiary alicyclic amines) is 1. The summed E-state index contributed by atoms with van der Waals surface area (Å²) in [6, 6.07) is 3.21. The van der Waals surface area contributed by atoms with Crippen molar-refractivity contribution in [1.82, 2.24) is 4.90 Å². The number of halogens is 1. The molecule has 0 aliphatic carbocycles. The summed E-state index contributed by atoms with van der Waals surface area (Å²) in [6.45, 7) is 8.36. The van der Waals surface area contributed by atoms with Crippen LogP contribution < -0.4 is 5.32 Å². The molecule has 2 rings (SSSR count). The van der Waals surface area contributed by atoms with Gasteiger partial charge in [0.25, 0.3) is 0 Å². The highest BCUT2D eigenvalue weighted by Gasteiger charge is 2.28. The number of sulfone groups is 1. The van der Waals surface area contributed by atoms with Crippen LogP contribution in [0.1, 0.15) is 47.0 Å². The highest BCUT2D eigenvalue weighted by atomic mass is 32.2. The highest BCUT2D eigenvalue weighted by molar-refractivity contribution is 7.90. The van der Waals surface area contributed by atoms with Gasteiger partial charge >= 0.3 is 12.2 Å². The molecule has 33 heavy (non-hydrogen) atoms. The predicted molar refractivity (Wildman–Crippen MR) is 120 cm³/mol. The van der Waals surface area contributed by atoms with Gasteiger partial charge in [-0.05, 0) is 58.2 Å². The van der Waals surface area contributed by atoms with Gasteiger partial charge in [0.15, 0.2) is 9.84 Å². The Bertz CT molecular complexity index is 939. The van der Waals surface area contributed by atoms with E-state index in [0.29, 0.717) is 32.4 Å². The predicted octanol–water partition coefficient (Wildman–Crippen LogP) is 3.97. The molecule has 0 spiro atoms. The number of benzene rings is 1. The van der Waals surface area contributed by atoms with Crippen molar-refractivity contribution in [3.8, 4) is 0 Å². The maximum Gasteiger partial charge on any atom is 0.411 e. The van der Waals surface area contributed by atoms with Gasteiger partial charge in [-0.15, -0.1) is 0 Å². The number of rotatable bonds is 7. The molecular formula is C22H33FN2O7S. The topological polar surface area (TPSA) is 111 Å². The van der Waals surface area contributed by atoms with Crippen LogP contribution in [0.3, 0.4) is 0 Å². The largest absolute Gasteiger partial charge is 0.447 e. The number of carbonyl (C=O) groups excluding carboxylic acids is 2. The van der Waals surface area contributed by atoms with Gasteiger partial charge in [-0.3, -0.25) is 5.32 Å². The number of carbonyl (C=O) groups is 2. The van der Waals surface area contributed by atoms with Crippen LogP contribution in [0.25, 0.3) is 0 Å². The molecule has 1 saturated heterocycles. The second-order valence-electron chi connectivity index (χ2n) is 8.97. The molecule has 1 fully saturated rings. The van der Waals surface area contributed by atoms with Crippen molar-refractivity contribution in [2.75, 3.05) is 31.3 Å². The normalized spacial score (nSPS) is 16.2. The Balaban J connectivity index is 1.79. The molecule has 0 bridgehead atoms. The molecule has 1 heterocycles. The van der Waals surface area contributed by atoms with Crippen LogP contribution in [0.4, 0.5) is 19.7 Å². The molecule has 186 valence electrons. The first-order valence-corrected chi connectivity index (χ1v) is 12.7. The van der Waals surface area contributed by atoms with Crippen LogP contribution in [0.5, 0.6) is 0 Å². The Labute approximate surface area is 194 Å². The Morgan fingerprint density at radius 3 is 2.39 bits per heavy atom.